The number of nitrogens with one attached hydrogen (secondary N) is 1. The number of hydrogen-bond donors (Lipinski definition) is 1. The first-order chi connectivity index (χ1) is 28.3. The maximum atomic E-state index is 3.75. The highest BCUT2D eigenvalue weighted by Gasteiger charge is 2.18. The van der Waals surface area contributed by atoms with Crippen molar-refractivity contribution in [2.75, 3.05) is 5.32 Å². The van der Waals surface area contributed by atoms with Gasteiger partial charge in [-0.05, 0) is 98.5 Å². The zero-order valence-electron chi connectivity index (χ0n) is 31.0. The summed E-state index contributed by atoms with van der Waals surface area (Å²) in [6.07, 6.45) is 0. The summed E-state index contributed by atoms with van der Waals surface area (Å²) in [5.41, 5.74) is 11.6. The van der Waals surface area contributed by atoms with Crippen LogP contribution in [0.25, 0.3) is 98.4 Å². The second kappa shape index (κ2) is 12.5. The minimum Gasteiger partial charge on any atom is -0.355 e. The Kier molecular flexibility index (Phi) is 6.93. The minimum atomic E-state index is 1.04. The van der Waals surface area contributed by atoms with Crippen LogP contribution in [0.5, 0.6) is 0 Å². The molecule has 266 valence electrons. The molecule has 3 nitrogen and oxygen atoms in total. The quantitative estimate of drug-likeness (QED) is 0.175. The van der Waals surface area contributed by atoms with Crippen LogP contribution in [0.2, 0.25) is 0 Å². The van der Waals surface area contributed by atoms with Crippen molar-refractivity contribution in [3.63, 3.8) is 0 Å². The van der Waals surface area contributed by atoms with Gasteiger partial charge in [-0.15, -0.1) is 0 Å². The Morgan fingerprint density at radius 2 is 0.789 bits per heavy atom. The lowest BCUT2D eigenvalue weighted by Crippen LogP contribution is -1.96. The highest BCUT2D eigenvalue weighted by molar-refractivity contribution is 6.25. The van der Waals surface area contributed by atoms with E-state index in [4.69, 9.17) is 0 Å². The fraction of sp³-hybridized carbons (Fsp3) is 0. The van der Waals surface area contributed by atoms with E-state index in [2.05, 4.69) is 221 Å². The highest BCUT2D eigenvalue weighted by atomic mass is 15.0. The first kappa shape index (κ1) is 31.7. The summed E-state index contributed by atoms with van der Waals surface area (Å²) < 4.78 is 4.83. The first-order valence-electron chi connectivity index (χ1n) is 19.6. The van der Waals surface area contributed by atoms with Crippen molar-refractivity contribution in [3.8, 4) is 22.5 Å². The first-order valence-corrected chi connectivity index (χ1v) is 19.6. The van der Waals surface area contributed by atoms with Crippen molar-refractivity contribution in [2.45, 2.75) is 0 Å². The topological polar surface area (TPSA) is 21.9 Å². The molecular weight excluding hydrogens is 691 g/mol. The van der Waals surface area contributed by atoms with Gasteiger partial charge in [-0.3, -0.25) is 0 Å². The molecule has 0 spiro atoms. The van der Waals surface area contributed by atoms with Crippen LogP contribution in [-0.2, 0) is 0 Å². The lowest BCUT2D eigenvalue weighted by atomic mass is 9.94. The molecule has 12 aromatic rings. The Bertz CT molecular complexity index is 3500. The lowest BCUT2D eigenvalue weighted by Gasteiger charge is -2.14. The third-order valence-electron chi connectivity index (χ3n) is 11.9. The van der Waals surface area contributed by atoms with Gasteiger partial charge < -0.3 is 14.5 Å². The Morgan fingerprint density at radius 3 is 1.49 bits per heavy atom. The molecule has 57 heavy (non-hydrogen) atoms. The number of rotatable bonds is 5. The third-order valence-corrected chi connectivity index (χ3v) is 11.9. The summed E-state index contributed by atoms with van der Waals surface area (Å²) in [5, 5.41) is 16.4. The maximum Gasteiger partial charge on any atom is 0.0619 e. The minimum absolute atomic E-state index is 1.04. The zero-order chi connectivity index (χ0) is 37.5. The smallest absolute Gasteiger partial charge is 0.0619 e. The largest absolute Gasteiger partial charge is 0.355 e. The standard InChI is InChI=1S/C54H35N3/c1-2-13-38(14-3-1)57-52-24-11-9-20-47(52)49-22-12-21-40(54(49)57)35-25-27-36(28-26-35)55-37-29-31-48-46-19-8-10-23-51(46)56(53(48)33-37)39-30-32-45-43-17-5-4-15-41(43)42-16-6-7-18-44(42)50(45)34-39/h1-34,55H. The van der Waals surface area contributed by atoms with Crippen molar-refractivity contribution >= 4 is 87.3 Å². The van der Waals surface area contributed by atoms with Crippen LogP contribution < -0.4 is 5.32 Å². The predicted octanol–water partition coefficient (Wildman–Crippen LogP) is 14.8. The molecule has 3 heteroatoms. The number of anilines is 2. The summed E-state index contributed by atoms with van der Waals surface area (Å²) in [6, 6.07) is 75.0. The van der Waals surface area contributed by atoms with Gasteiger partial charge in [0.15, 0.2) is 0 Å². The van der Waals surface area contributed by atoms with Crippen molar-refractivity contribution in [1.29, 1.82) is 0 Å². The number of fused-ring (bicyclic) bond motifs is 12. The number of nitrogens with zero attached hydrogens (tertiary/aromatic N) is 2. The summed E-state index contributed by atoms with van der Waals surface area (Å²) in [4.78, 5) is 0. The number of benzene rings is 10. The van der Waals surface area contributed by atoms with Gasteiger partial charge in [0.1, 0.15) is 0 Å². The third kappa shape index (κ3) is 4.86. The molecule has 0 aliphatic carbocycles. The van der Waals surface area contributed by atoms with Gasteiger partial charge in [0.25, 0.3) is 0 Å². The van der Waals surface area contributed by atoms with Crippen LogP contribution in [0.3, 0.4) is 0 Å². The average Bonchev–Trinajstić information content (AvgIpc) is 3.80. The van der Waals surface area contributed by atoms with Crippen LogP contribution in [0.15, 0.2) is 206 Å². The normalized spacial score (nSPS) is 11.9. The monoisotopic (exact) mass is 725 g/mol. The summed E-state index contributed by atoms with van der Waals surface area (Å²) in [7, 11) is 0. The predicted molar refractivity (Wildman–Crippen MR) is 243 cm³/mol. The van der Waals surface area contributed by atoms with E-state index in [1.165, 1.54) is 87.1 Å². The highest BCUT2D eigenvalue weighted by Crippen LogP contribution is 2.41. The lowest BCUT2D eigenvalue weighted by molar-refractivity contribution is 1.18. The van der Waals surface area contributed by atoms with E-state index in [0.717, 1.165) is 22.7 Å². The molecule has 0 unspecified atom stereocenters. The van der Waals surface area contributed by atoms with Gasteiger partial charge in [0.05, 0.1) is 22.1 Å². The molecule has 2 heterocycles. The summed E-state index contributed by atoms with van der Waals surface area (Å²) in [5.74, 6) is 0. The molecule has 2 aromatic heterocycles. The van der Waals surface area contributed by atoms with E-state index in [0.29, 0.717) is 0 Å². The molecular formula is C54H35N3. The van der Waals surface area contributed by atoms with E-state index >= 15 is 0 Å². The molecule has 0 aliphatic heterocycles. The molecule has 0 aliphatic rings. The maximum absolute atomic E-state index is 3.75. The molecule has 0 saturated heterocycles. The van der Waals surface area contributed by atoms with E-state index in [1.54, 1.807) is 0 Å². The molecule has 0 atom stereocenters. The molecule has 0 saturated carbocycles. The van der Waals surface area contributed by atoms with Crippen molar-refractivity contribution < 1.29 is 0 Å². The molecule has 0 bridgehead atoms. The molecule has 1 N–H and O–H groups in total. The Morgan fingerprint density at radius 1 is 0.281 bits per heavy atom. The summed E-state index contributed by atoms with van der Waals surface area (Å²) in [6.45, 7) is 0. The van der Waals surface area contributed by atoms with Gasteiger partial charge in [-0.2, -0.15) is 0 Å². The van der Waals surface area contributed by atoms with E-state index < -0.39 is 0 Å². The van der Waals surface area contributed by atoms with Gasteiger partial charge in [0, 0.05) is 49.9 Å². The molecule has 12 rings (SSSR count). The number of hydrogen-bond acceptors (Lipinski definition) is 1. The zero-order valence-corrected chi connectivity index (χ0v) is 31.0. The Hall–Kier alpha value is -7.62. The van der Waals surface area contributed by atoms with Crippen LogP contribution in [-0.4, -0.2) is 9.13 Å². The Labute approximate surface area is 329 Å². The number of aromatic nitrogens is 2. The fourth-order valence-corrected chi connectivity index (χ4v) is 9.36. The van der Waals surface area contributed by atoms with E-state index in [9.17, 15) is 0 Å². The fourth-order valence-electron chi connectivity index (χ4n) is 9.36. The van der Waals surface area contributed by atoms with Crippen molar-refractivity contribution in [3.05, 3.63) is 206 Å². The molecule has 10 aromatic carbocycles. The van der Waals surface area contributed by atoms with Crippen LogP contribution >= 0.6 is 0 Å². The van der Waals surface area contributed by atoms with Crippen LogP contribution in [0.4, 0.5) is 11.4 Å². The summed E-state index contributed by atoms with van der Waals surface area (Å²) >= 11 is 0. The van der Waals surface area contributed by atoms with Crippen molar-refractivity contribution in [2.24, 2.45) is 0 Å². The van der Waals surface area contributed by atoms with Crippen LogP contribution in [0, 0.1) is 0 Å². The molecule has 0 radical (unpaired) electrons. The average molecular weight is 726 g/mol. The second-order valence-corrected chi connectivity index (χ2v) is 15.0. The van der Waals surface area contributed by atoms with Gasteiger partial charge >= 0.3 is 0 Å². The van der Waals surface area contributed by atoms with Crippen LogP contribution in [0.1, 0.15) is 0 Å². The van der Waals surface area contributed by atoms with Gasteiger partial charge in [-0.1, -0.05) is 146 Å². The Balaban J connectivity index is 0.963. The SMILES string of the molecule is c1ccc(-n2c3ccccc3c3cccc(-c4ccc(Nc5ccc6c7ccccc7n(-c7ccc8c9ccccc9c9ccccc9c8c7)c6c5)cc4)c32)cc1. The van der Waals surface area contributed by atoms with E-state index in [-0.39, 0.29) is 0 Å². The number of para-hydroxylation sites is 4. The van der Waals surface area contributed by atoms with Gasteiger partial charge in [-0.25, -0.2) is 0 Å². The van der Waals surface area contributed by atoms with Gasteiger partial charge in [0.2, 0.25) is 0 Å². The second-order valence-electron chi connectivity index (χ2n) is 15.0. The van der Waals surface area contributed by atoms with E-state index in [1.807, 2.05) is 0 Å². The molecule has 0 fully saturated rings. The molecule has 0 amide bonds. The van der Waals surface area contributed by atoms with Crippen molar-refractivity contribution in [1.82, 2.24) is 9.13 Å².